The molecular formula is C32H45N3O6. The minimum absolute atomic E-state index is 0.0545. The maximum Gasteiger partial charge on any atom is 0.302 e. The lowest BCUT2D eigenvalue weighted by Crippen LogP contribution is -2.31. The molecule has 0 atom stereocenters. The molecule has 0 fully saturated rings. The molecule has 0 bridgehead atoms. The van der Waals surface area contributed by atoms with E-state index in [1.54, 1.807) is 33.2 Å². The highest BCUT2D eigenvalue weighted by molar-refractivity contribution is 6.11. The van der Waals surface area contributed by atoms with Crippen molar-refractivity contribution in [3.05, 3.63) is 83.4 Å². The lowest BCUT2D eigenvalue weighted by Gasteiger charge is -2.14. The zero-order valence-electron chi connectivity index (χ0n) is 25.4. The topological polar surface area (TPSA) is 123 Å². The Kier molecular flexibility index (Phi) is 19.5. The lowest BCUT2D eigenvalue weighted by atomic mass is 10.0. The van der Waals surface area contributed by atoms with E-state index in [9.17, 15) is 19.2 Å². The Morgan fingerprint density at radius 3 is 2.12 bits per heavy atom. The fourth-order valence-electron chi connectivity index (χ4n) is 3.08. The van der Waals surface area contributed by atoms with E-state index in [1.807, 2.05) is 75.4 Å². The average Bonchev–Trinajstić information content (AvgIpc) is 2.92. The van der Waals surface area contributed by atoms with Crippen molar-refractivity contribution in [2.75, 3.05) is 27.2 Å². The van der Waals surface area contributed by atoms with Gasteiger partial charge in [-0.25, -0.2) is 0 Å². The Morgan fingerprint density at radius 2 is 1.63 bits per heavy atom. The monoisotopic (exact) mass is 567 g/mol. The first-order valence-electron chi connectivity index (χ1n) is 13.4. The van der Waals surface area contributed by atoms with Gasteiger partial charge in [0, 0.05) is 26.9 Å². The van der Waals surface area contributed by atoms with Crippen LogP contribution in [0.2, 0.25) is 0 Å². The molecule has 0 aliphatic carbocycles. The normalized spacial score (nSPS) is 10.9. The Labute approximate surface area is 244 Å². The second kappa shape index (κ2) is 21.7. The number of benzene rings is 2. The molecule has 2 aromatic rings. The van der Waals surface area contributed by atoms with Crippen LogP contribution in [0.1, 0.15) is 57.7 Å². The molecular weight excluding hydrogens is 522 g/mol. The molecule has 2 rings (SSSR count). The Morgan fingerprint density at radius 1 is 0.976 bits per heavy atom. The Bertz CT molecular complexity index is 1120. The van der Waals surface area contributed by atoms with Crippen LogP contribution < -0.4 is 10.6 Å². The van der Waals surface area contributed by atoms with Crippen LogP contribution in [-0.2, 0) is 41.6 Å². The number of hydrogen-bond acceptors (Lipinski definition) is 8. The third-order valence-electron chi connectivity index (χ3n) is 4.97. The van der Waals surface area contributed by atoms with Gasteiger partial charge in [0.25, 0.3) is 6.47 Å². The van der Waals surface area contributed by atoms with E-state index in [2.05, 4.69) is 25.1 Å². The molecule has 0 radical (unpaired) electrons. The zero-order chi connectivity index (χ0) is 31.1. The molecule has 0 heterocycles. The van der Waals surface area contributed by atoms with Gasteiger partial charge in [-0.05, 0) is 76.1 Å². The number of aryl methyl sites for hydroxylation is 1. The molecule has 2 N–H and O–H groups in total. The van der Waals surface area contributed by atoms with Gasteiger partial charge in [0.05, 0.1) is 18.9 Å². The maximum atomic E-state index is 12.2. The van der Waals surface area contributed by atoms with Gasteiger partial charge in [-0.2, -0.15) is 0 Å². The predicted octanol–water partition coefficient (Wildman–Crippen LogP) is 4.23. The maximum absolute atomic E-state index is 12.2. The van der Waals surface area contributed by atoms with Crippen molar-refractivity contribution in [1.82, 2.24) is 10.6 Å². The van der Waals surface area contributed by atoms with Crippen molar-refractivity contribution in [3.8, 4) is 0 Å². The van der Waals surface area contributed by atoms with Gasteiger partial charge in [0.2, 0.25) is 5.91 Å². The molecule has 9 nitrogen and oxygen atoms in total. The SMILES string of the molecule is CC(C)(C)OC=O.CCOC(C)=O.CN=C(/C=C\C(=O)CCc1ccccc1)c1cccc(CNC(=O)CNC)c1. The number of nitrogens with one attached hydrogen (secondary N) is 2. The second-order valence-electron chi connectivity index (χ2n) is 9.65. The summed E-state index contributed by atoms with van der Waals surface area (Å²) in [5.41, 5.74) is 3.46. The van der Waals surface area contributed by atoms with Crippen molar-refractivity contribution >= 4 is 29.8 Å². The Hall–Kier alpha value is -4.11. The van der Waals surface area contributed by atoms with Crippen LogP contribution in [0.25, 0.3) is 0 Å². The van der Waals surface area contributed by atoms with E-state index in [0.717, 1.165) is 28.8 Å². The van der Waals surface area contributed by atoms with Crippen LogP contribution in [-0.4, -0.2) is 62.7 Å². The number of aliphatic imine (C=N–C) groups is 1. The third-order valence-corrected chi connectivity index (χ3v) is 4.97. The number of nitrogens with zero attached hydrogens (tertiary/aromatic N) is 1. The largest absolute Gasteiger partial charge is 0.466 e. The van der Waals surface area contributed by atoms with Crippen LogP contribution in [0, 0.1) is 0 Å². The smallest absolute Gasteiger partial charge is 0.302 e. The number of ether oxygens (including phenoxy) is 2. The van der Waals surface area contributed by atoms with E-state index in [0.29, 0.717) is 26.0 Å². The van der Waals surface area contributed by atoms with Gasteiger partial charge in [-0.1, -0.05) is 48.5 Å². The molecule has 1 amide bonds. The number of ketones is 1. The first-order chi connectivity index (χ1) is 19.4. The molecule has 0 saturated carbocycles. The highest BCUT2D eigenvalue weighted by atomic mass is 16.5. The van der Waals surface area contributed by atoms with E-state index in [1.165, 1.54) is 6.92 Å². The molecule has 0 aliphatic heterocycles. The summed E-state index contributed by atoms with van der Waals surface area (Å²) in [6.07, 6.45) is 4.54. The van der Waals surface area contributed by atoms with Crippen molar-refractivity contribution in [3.63, 3.8) is 0 Å². The number of allylic oxidation sites excluding steroid dienone is 2. The highest BCUT2D eigenvalue weighted by Gasteiger charge is 2.07. The first-order valence-corrected chi connectivity index (χ1v) is 13.4. The second-order valence-corrected chi connectivity index (χ2v) is 9.65. The summed E-state index contributed by atoms with van der Waals surface area (Å²) < 4.78 is 8.95. The minimum Gasteiger partial charge on any atom is -0.466 e. The summed E-state index contributed by atoms with van der Waals surface area (Å²) in [6, 6.07) is 17.8. The molecule has 0 spiro atoms. The van der Waals surface area contributed by atoms with E-state index in [4.69, 9.17) is 0 Å². The molecule has 0 aliphatic rings. The zero-order valence-corrected chi connectivity index (χ0v) is 25.4. The highest BCUT2D eigenvalue weighted by Crippen LogP contribution is 2.09. The minimum atomic E-state index is -0.318. The fraction of sp³-hybridized carbons (Fsp3) is 0.406. The van der Waals surface area contributed by atoms with Crippen molar-refractivity contribution in [2.24, 2.45) is 4.99 Å². The van der Waals surface area contributed by atoms with Crippen LogP contribution in [0.3, 0.4) is 0 Å². The third kappa shape index (κ3) is 20.5. The molecule has 224 valence electrons. The van der Waals surface area contributed by atoms with Crippen molar-refractivity contribution in [1.29, 1.82) is 0 Å². The van der Waals surface area contributed by atoms with E-state index >= 15 is 0 Å². The molecule has 41 heavy (non-hydrogen) atoms. The number of amides is 1. The van der Waals surface area contributed by atoms with Gasteiger partial charge in [0.1, 0.15) is 5.60 Å². The number of hydrogen-bond donors (Lipinski definition) is 2. The van der Waals surface area contributed by atoms with Gasteiger partial charge in [-0.3, -0.25) is 24.2 Å². The van der Waals surface area contributed by atoms with Crippen LogP contribution in [0.4, 0.5) is 0 Å². The number of esters is 1. The van der Waals surface area contributed by atoms with Crippen molar-refractivity contribution < 1.29 is 28.7 Å². The van der Waals surface area contributed by atoms with Crippen LogP contribution in [0.15, 0.2) is 71.7 Å². The number of carbonyl (C=O) groups is 4. The molecule has 9 heteroatoms. The summed E-state index contributed by atoms with van der Waals surface area (Å²) in [4.78, 5) is 47.5. The standard InChI is InChI=1S/C23H27N3O2.C5H10O2.C4H8O2/c1-24-17-23(28)26-16-19-9-6-10-20(15-19)22(25-2)14-13-21(27)12-11-18-7-4-3-5-8-18;1-5(2,3)7-4-6;1-3-6-4(2)5/h3-10,13-15,24H,11-12,16-17H2,1-2H3,(H,26,28);4H,1-3H3;3H2,1-2H3/b14-13-,25-22?;;. The fourth-order valence-corrected chi connectivity index (χ4v) is 3.08. The number of carbonyl (C=O) groups excluding carboxylic acids is 4. The number of rotatable bonds is 12. The van der Waals surface area contributed by atoms with E-state index in [-0.39, 0.29) is 29.8 Å². The summed E-state index contributed by atoms with van der Waals surface area (Å²) in [7, 11) is 3.44. The summed E-state index contributed by atoms with van der Waals surface area (Å²) >= 11 is 0. The number of likely N-dealkylation sites (N-methyl/N-ethyl adjacent to an activating group) is 1. The summed E-state index contributed by atoms with van der Waals surface area (Å²) in [6.45, 7) is 10.3. The predicted molar refractivity (Wildman–Crippen MR) is 163 cm³/mol. The van der Waals surface area contributed by atoms with Gasteiger partial charge in [0.15, 0.2) is 5.78 Å². The molecule has 0 aromatic heterocycles. The van der Waals surface area contributed by atoms with Gasteiger partial charge in [-0.15, -0.1) is 0 Å². The van der Waals surface area contributed by atoms with E-state index < -0.39 is 0 Å². The lowest BCUT2D eigenvalue weighted by molar-refractivity contribution is -0.140. The van der Waals surface area contributed by atoms with Crippen LogP contribution >= 0.6 is 0 Å². The van der Waals surface area contributed by atoms with Crippen molar-refractivity contribution in [2.45, 2.75) is 59.6 Å². The molecule has 2 aromatic carbocycles. The Balaban J connectivity index is 0.00000102. The average molecular weight is 568 g/mol. The summed E-state index contributed by atoms with van der Waals surface area (Å²) in [5, 5.41) is 5.67. The van der Waals surface area contributed by atoms with Crippen LogP contribution in [0.5, 0.6) is 0 Å². The summed E-state index contributed by atoms with van der Waals surface area (Å²) in [5.74, 6) is -0.195. The molecule has 0 unspecified atom stereocenters. The quantitative estimate of drug-likeness (QED) is 0.170. The van der Waals surface area contributed by atoms with Gasteiger partial charge < -0.3 is 20.1 Å². The first kappa shape index (κ1) is 36.9. The molecule has 0 saturated heterocycles. The van der Waals surface area contributed by atoms with Gasteiger partial charge >= 0.3 is 5.97 Å².